The van der Waals surface area contributed by atoms with Crippen molar-refractivity contribution in [1.29, 1.82) is 0 Å². The summed E-state index contributed by atoms with van der Waals surface area (Å²) in [6, 6.07) is 11.8. The zero-order chi connectivity index (χ0) is 18.7. The molecule has 136 valence electrons. The van der Waals surface area contributed by atoms with Crippen molar-refractivity contribution in [1.82, 2.24) is 10.2 Å². The van der Waals surface area contributed by atoms with Crippen LogP contribution in [0, 0.1) is 17.0 Å². The summed E-state index contributed by atoms with van der Waals surface area (Å²) >= 11 is 0. The zero-order valence-corrected chi connectivity index (χ0v) is 14.8. The average molecular weight is 355 g/mol. The molecule has 0 bridgehead atoms. The Balaban J connectivity index is 1.95. The van der Waals surface area contributed by atoms with Crippen LogP contribution in [0.5, 0.6) is 5.75 Å². The van der Waals surface area contributed by atoms with Gasteiger partial charge in [-0.05, 0) is 24.6 Å². The summed E-state index contributed by atoms with van der Waals surface area (Å²) in [5, 5.41) is 14.3. The van der Waals surface area contributed by atoms with Crippen molar-refractivity contribution < 1.29 is 14.5 Å². The number of carbonyl (C=O) groups excluding carboxylic acids is 1. The largest absolute Gasteiger partial charge is 0.496 e. The molecule has 0 saturated carbocycles. The van der Waals surface area contributed by atoms with E-state index in [4.69, 9.17) is 4.74 Å². The predicted octanol–water partition coefficient (Wildman–Crippen LogP) is 2.70. The lowest BCUT2D eigenvalue weighted by molar-refractivity contribution is -0.384. The molecule has 26 heavy (non-hydrogen) atoms. The molecule has 0 spiro atoms. The van der Waals surface area contributed by atoms with Gasteiger partial charge in [0.15, 0.2) is 0 Å². The van der Waals surface area contributed by atoms with Gasteiger partial charge in [-0.25, -0.2) is 0 Å². The van der Waals surface area contributed by atoms with E-state index in [1.54, 1.807) is 14.0 Å². The molecule has 0 aromatic heterocycles. The molecule has 3 rings (SSSR count). The molecule has 1 atom stereocenters. The predicted molar refractivity (Wildman–Crippen MR) is 97.5 cm³/mol. The Morgan fingerprint density at radius 2 is 2.08 bits per heavy atom. The molecule has 1 unspecified atom stereocenters. The maximum Gasteiger partial charge on any atom is 0.269 e. The number of nitro benzene ring substituents is 1. The van der Waals surface area contributed by atoms with E-state index in [1.807, 2.05) is 29.2 Å². The van der Waals surface area contributed by atoms with Gasteiger partial charge in [0.25, 0.3) is 11.6 Å². The number of para-hydroxylation sites is 1. The normalized spacial score (nSPS) is 17.0. The van der Waals surface area contributed by atoms with Crippen LogP contribution in [0.25, 0.3) is 0 Å². The first-order valence-corrected chi connectivity index (χ1v) is 8.42. The van der Waals surface area contributed by atoms with Crippen LogP contribution in [-0.2, 0) is 0 Å². The van der Waals surface area contributed by atoms with Crippen LogP contribution >= 0.6 is 0 Å². The number of hydrogen-bond donors (Lipinski definition) is 1. The number of methoxy groups -OCH3 is 1. The van der Waals surface area contributed by atoms with Crippen LogP contribution in [0.15, 0.2) is 42.5 Å². The third-order valence-corrected chi connectivity index (χ3v) is 4.65. The number of non-ortho nitro benzene ring substituents is 1. The lowest BCUT2D eigenvalue weighted by Crippen LogP contribution is -2.48. The van der Waals surface area contributed by atoms with E-state index in [0.29, 0.717) is 30.8 Å². The highest BCUT2D eigenvalue weighted by Crippen LogP contribution is 2.31. The number of benzene rings is 2. The van der Waals surface area contributed by atoms with Gasteiger partial charge in [0, 0.05) is 42.9 Å². The number of aryl methyl sites for hydroxylation is 1. The quantitative estimate of drug-likeness (QED) is 0.673. The molecule has 1 amide bonds. The SMILES string of the molecule is COc1ccccc1C1CNCCN1C(=O)c1ccc([N+](=O)[O-])cc1C. The first kappa shape index (κ1) is 17.9. The van der Waals surface area contributed by atoms with E-state index < -0.39 is 4.92 Å². The second kappa shape index (κ2) is 7.53. The highest BCUT2D eigenvalue weighted by molar-refractivity contribution is 5.96. The van der Waals surface area contributed by atoms with E-state index in [2.05, 4.69) is 5.32 Å². The Morgan fingerprint density at radius 3 is 2.77 bits per heavy atom. The van der Waals surface area contributed by atoms with Crippen LogP contribution < -0.4 is 10.1 Å². The number of nitrogens with zero attached hydrogens (tertiary/aromatic N) is 2. The Morgan fingerprint density at radius 1 is 1.31 bits per heavy atom. The fraction of sp³-hybridized carbons (Fsp3) is 0.316. The molecule has 2 aromatic carbocycles. The van der Waals surface area contributed by atoms with Crippen molar-refractivity contribution in [2.24, 2.45) is 0 Å². The summed E-state index contributed by atoms with van der Waals surface area (Å²) in [5.41, 5.74) is 2.01. The molecule has 1 fully saturated rings. The Hall–Kier alpha value is -2.93. The number of hydrogen-bond acceptors (Lipinski definition) is 5. The first-order valence-electron chi connectivity index (χ1n) is 8.42. The summed E-state index contributed by atoms with van der Waals surface area (Å²) < 4.78 is 5.46. The monoisotopic (exact) mass is 355 g/mol. The standard InChI is InChI=1S/C19H21N3O4/c1-13-11-14(22(24)25)7-8-15(13)19(23)21-10-9-20-12-17(21)16-5-3-4-6-18(16)26-2/h3-8,11,17,20H,9-10,12H2,1-2H3. The molecule has 2 aromatic rings. The smallest absolute Gasteiger partial charge is 0.269 e. The highest BCUT2D eigenvalue weighted by Gasteiger charge is 2.31. The van der Waals surface area contributed by atoms with Gasteiger partial charge in [0.2, 0.25) is 0 Å². The molecular formula is C19H21N3O4. The molecule has 7 nitrogen and oxygen atoms in total. The molecule has 1 aliphatic rings. The average Bonchev–Trinajstić information content (AvgIpc) is 2.67. The number of carbonyl (C=O) groups is 1. The molecule has 7 heteroatoms. The molecule has 0 radical (unpaired) electrons. The van der Waals surface area contributed by atoms with Crippen molar-refractivity contribution in [2.75, 3.05) is 26.7 Å². The first-order chi connectivity index (χ1) is 12.5. The summed E-state index contributed by atoms with van der Waals surface area (Å²) in [7, 11) is 1.61. The summed E-state index contributed by atoms with van der Waals surface area (Å²) in [5.74, 6) is 0.606. The maximum atomic E-state index is 13.2. The zero-order valence-electron chi connectivity index (χ0n) is 14.8. The molecule has 1 saturated heterocycles. The van der Waals surface area contributed by atoms with E-state index in [-0.39, 0.29) is 17.6 Å². The third-order valence-electron chi connectivity index (χ3n) is 4.65. The third kappa shape index (κ3) is 3.39. The van der Waals surface area contributed by atoms with E-state index in [9.17, 15) is 14.9 Å². The fourth-order valence-corrected chi connectivity index (χ4v) is 3.32. The maximum absolute atomic E-state index is 13.2. The lowest BCUT2D eigenvalue weighted by Gasteiger charge is -2.37. The molecule has 1 aliphatic heterocycles. The van der Waals surface area contributed by atoms with Gasteiger partial charge in [-0.3, -0.25) is 14.9 Å². The van der Waals surface area contributed by atoms with E-state index in [1.165, 1.54) is 18.2 Å². The summed E-state index contributed by atoms with van der Waals surface area (Å²) in [6.45, 7) is 3.60. The van der Waals surface area contributed by atoms with Crippen LogP contribution in [0.4, 0.5) is 5.69 Å². The van der Waals surface area contributed by atoms with Crippen molar-refractivity contribution in [3.8, 4) is 5.75 Å². The number of rotatable bonds is 4. The second-order valence-electron chi connectivity index (χ2n) is 6.22. The van der Waals surface area contributed by atoms with Gasteiger partial charge in [-0.2, -0.15) is 0 Å². The topological polar surface area (TPSA) is 84.7 Å². The van der Waals surface area contributed by atoms with Crippen molar-refractivity contribution in [3.63, 3.8) is 0 Å². The van der Waals surface area contributed by atoms with Gasteiger partial charge < -0.3 is 15.0 Å². The fourth-order valence-electron chi connectivity index (χ4n) is 3.32. The highest BCUT2D eigenvalue weighted by atomic mass is 16.6. The van der Waals surface area contributed by atoms with Crippen molar-refractivity contribution in [2.45, 2.75) is 13.0 Å². The van der Waals surface area contributed by atoms with Crippen molar-refractivity contribution >= 4 is 11.6 Å². The van der Waals surface area contributed by atoms with Crippen LogP contribution in [-0.4, -0.2) is 42.5 Å². The van der Waals surface area contributed by atoms with E-state index in [0.717, 1.165) is 11.3 Å². The second-order valence-corrected chi connectivity index (χ2v) is 6.22. The Labute approximate surface area is 151 Å². The van der Waals surface area contributed by atoms with Gasteiger partial charge in [0.05, 0.1) is 18.1 Å². The number of amides is 1. The van der Waals surface area contributed by atoms with Crippen LogP contribution in [0.2, 0.25) is 0 Å². The minimum absolute atomic E-state index is 0.0133. The van der Waals surface area contributed by atoms with Gasteiger partial charge in [-0.15, -0.1) is 0 Å². The summed E-state index contributed by atoms with van der Waals surface area (Å²) in [6.07, 6.45) is 0. The van der Waals surface area contributed by atoms with Gasteiger partial charge in [0.1, 0.15) is 5.75 Å². The minimum Gasteiger partial charge on any atom is -0.496 e. The number of ether oxygens (including phenoxy) is 1. The van der Waals surface area contributed by atoms with Crippen LogP contribution in [0.3, 0.4) is 0 Å². The summed E-state index contributed by atoms with van der Waals surface area (Å²) in [4.78, 5) is 25.5. The molecule has 0 aliphatic carbocycles. The number of piperazine rings is 1. The Bertz CT molecular complexity index is 837. The molecule has 1 N–H and O–H groups in total. The molecular weight excluding hydrogens is 334 g/mol. The van der Waals surface area contributed by atoms with Crippen molar-refractivity contribution in [3.05, 3.63) is 69.3 Å². The Kier molecular flexibility index (Phi) is 5.18. The number of nitro groups is 1. The lowest BCUT2D eigenvalue weighted by atomic mass is 9.99. The van der Waals surface area contributed by atoms with E-state index >= 15 is 0 Å². The minimum atomic E-state index is -0.455. The van der Waals surface area contributed by atoms with Gasteiger partial charge >= 0.3 is 0 Å². The molecule has 1 heterocycles. The van der Waals surface area contributed by atoms with Crippen LogP contribution in [0.1, 0.15) is 27.5 Å². The van der Waals surface area contributed by atoms with Gasteiger partial charge in [-0.1, -0.05) is 18.2 Å². The number of nitrogens with one attached hydrogen (secondary N) is 1.